The molecule has 2 N–H and O–H groups in total. The van der Waals surface area contributed by atoms with Crippen LogP contribution in [-0.2, 0) is 19.6 Å². The van der Waals surface area contributed by atoms with Crippen LogP contribution in [0.15, 0.2) is 18.2 Å². The summed E-state index contributed by atoms with van der Waals surface area (Å²) < 4.78 is 30.1. The van der Waals surface area contributed by atoms with Crippen LogP contribution < -0.4 is 10.0 Å². The molecule has 1 amide bonds. The molecule has 1 heterocycles. The number of aryl methyl sites for hydroxylation is 1. The topological polar surface area (TPSA) is 84.5 Å². The van der Waals surface area contributed by atoms with E-state index in [1.807, 2.05) is 0 Å². The van der Waals surface area contributed by atoms with Crippen molar-refractivity contribution in [1.29, 1.82) is 0 Å². The minimum Gasteiger partial charge on any atom is -0.368 e. The van der Waals surface area contributed by atoms with E-state index in [2.05, 4.69) is 10.0 Å². The standard InChI is InChI=1S/C13H18N2O4S/c1-9-8-10(5-6-11(9)15-20(2,17)18)14-13(16)12-4-3-7-19-12/h5-6,8,12,15H,3-4,7H2,1-2H3,(H,14,16)/t12-/m1/s1. The summed E-state index contributed by atoms with van der Waals surface area (Å²) in [7, 11) is -3.31. The number of nitrogens with one attached hydrogen (secondary N) is 2. The molecule has 1 aromatic rings. The van der Waals surface area contributed by atoms with Crippen LogP contribution in [0.1, 0.15) is 18.4 Å². The highest BCUT2D eigenvalue weighted by atomic mass is 32.2. The summed E-state index contributed by atoms with van der Waals surface area (Å²) in [5, 5.41) is 2.77. The number of rotatable bonds is 4. The van der Waals surface area contributed by atoms with E-state index >= 15 is 0 Å². The van der Waals surface area contributed by atoms with Gasteiger partial charge < -0.3 is 10.1 Å². The van der Waals surface area contributed by atoms with Gasteiger partial charge in [-0.1, -0.05) is 0 Å². The van der Waals surface area contributed by atoms with Gasteiger partial charge in [0.1, 0.15) is 6.10 Å². The third-order valence-electron chi connectivity index (χ3n) is 3.01. The first kappa shape index (κ1) is 14.8. The van der Waals surface area contributed by atoms with Crippen molar-refractivity contribution in [2.45, 2.75) is 25.9 Å². The zero-order valence-corrected chi connectivity index (χ0v) is 12.3. The van der Waals surface area contributed by atoms with Crippen molar-refractivity contribution in [3.05, 3.63) is 23.8 Å². The average molecular weight is 298 g/mol. The van der Waals surface area contributed by atoms with Gasteiger partial charge in [0.25, 0.3) is 5.91 Å². The second-order valence-electron chi connectivity index (χ2n) is 4.89. The smallest absolute Gasteiger partial charge is 0.253 e. The monoisotopic (exact) mass is 298 g/mol. The number of anilines is 2. The lowest BCUT2D eigenvalue weighted by Crippen LogP contribution is -2.26. The highest BCUT2D eigenvalue weighted by molar-refractivity contribution is 7.92. The Labute approximate surface area is 118 Å². The summed E-state index contributed by atoms with van der Waals surface area (Å²) in [4.78, 5) is 11.9. The van der Waals surface area contributed by atoms with Gasteiger partial charge >= 0.3 is 0 Å². The van der Waals surface area contributed by atoms with Gasteiger partial charge in [-0.25, -0.2) is 8.42 Å². The average Bonchev–Trinajstić information content (AvgIpc) is 2.85. The summed E-state index contributed by atoms with van der Waals surface area (Å²) in [6, 6.07) is 5.01. The van der Waals surface area contributed by atoms with Gasteiger partial charge in [0.2, 0.25) is 10.0 Å². The molecule has 1 aliphatic rings. The Balaban J connectivity index is 2.07. The summed E-state index contributed by atoms with van der Waals surface area (Å²) in [6.45, 7) is 2.39. The van der Waals surface area contributed by atoms with Gasteiger partial charge in [-0.15, -0.1) is 0 Å². The molecule has 1 atom stereocenters. The van der Waals surface area contributed by atoms with E-state index < -0.39 is 10.0 Å². The zero-order chi connectivity index (χ0) is 14.8. The van der Waals surface area contributed by atoms with Crippen molar-refractivity contribution >= 4 is 27.3 Å². The molecule has 1 saturated heterocycles. The minimum absolute atomic E-state index is 0.161. The van der Waals surface area contributed by atoms with Gasteiger partial charge in [-0.2, -0.15) is 0 Å². The normalized spacial score (nSPS) is 18.8. The van der Waals surface area contributed by atoms with Crippen molar-refractivity contribution in [1.82, 2.24) is 0 Å². The van der Waals surface area contributed by atoms with Crippen molar-refractivity contribution in [2.24, 2.45) is 0 Å². The van der Waals surface area contributed by atoms with Crippen LogP contribution in [0.2, 0.25) is 0 Å². The predicted octanol–water partition coefficient (Wildman–Crippen LogP) is 1.48. The largest absolute Gasteiger partial charge is 0.368 e. The number of hydrogen-bond donors (Lipinski definition) is 2. The molecule has 1 aromatic carbocycles. The molecule has 0 spiro atoms. The highest BCUT2D eigenvalue weighted by Crippen LogP contribution is 2.21. The van der Waals surface area contributed by atoms with Gasteiger partial charge in [0.15, 0.2) is 0 Å². The number of ether oxygens (including phenoxy) is 1. The molecule has 0 unspecified atom stereocenters. The fourth-order valence-electron chi connectivity index (χ4n) is 2.06. The maximum Gasteiger partial charge on any atom is 0.253 e. The number of amides is 1. The molecule has 0 aromatic heterocycles. The number of sulfonamides is 1. The fraction of sp³-hybridized carbons (Fsp3) is 0.462. The molecule has 0 saturated carbocycles. The van der Waals surface area contributed by atoms with Crippen LogP contribution >= 0.6 is 0 Å². The summed E-state index contributed by atoms with van der Waals surface area (Å²) in [5.41, 5.74) is 1.87. The van der Waals surface area contributed by atoms with Gasteiger partial charge in [0, 0.05) is 12.3 Å². The SMILES string of the molecule is Cc1cc(NC(=O)[C@H]2CCCO2)ccc1NS(C)(=O)=O. The molecular weight excluding hydrogens is 280 g/mol. The maximum absolute atomic E-state index is 11.9. The van der Waals surface area contributed by atoms with Crippen molar-refractivity contribution in [3.8, 4) is 0 Å². The lowest BCUT2D eigenvalue weighted by molar-refractivity contribution is -0.124. The Morgan fingerprint density at radius 2 is 2.15 bits per heavy atom. The van der Waals surface area contributed by atoms with Crippen molar-refractivity contribution in [3.63, 3.8) is 0 Å². The zero-order valence-electron chi connectivity index (χ0n) is 11.5. The summed E-state index contributed by atoms with van der Waals surface area (Å²) in [6.07, 6.45) is 2.34. The molecular formula is C13H18N2O4S. The highest BCUT2D eigenvalue weighted by Gasteiger charge is 2.23. The van der Waals surface area contributed by atoms with Crippen LogP contribution in [0.4, 0.5) is 11.4 Å². The fourth-order valence-corrected chi connectivity index (χ4v) is 2.69. The van der Waals surface area contributed by atoms with E-state index in [0.717, 1.165) is 24.7 Å². The number of carbonyl (C=O) groups is 1. The van der Waals surface area contributed by atoms with Crippen LogP contribution in [0, 0.1) is 6.92 Å². The molecule has 6 nitrogen and oxygen atoms in total. The molecule has 1 aliphatic heterocycles. The molecule has 20 heavy (non-hydrogen) atoms. The maximum atomic E-state index is 11.9. The molecule has 2 rings (SSSR count). The Kier molecular flexibility index (Phi) is 4.29. The third kappa shape index (κ3) is 3.94. The van der Waals surface area contributed by atoms with Crippen molar-refractivity contribution < 1.29 is 17.9 Å². The number of hydrogen-bond acceptors (Lipinski definition) is 4. The Morgan fingerprint density at radius 1 is 1.40 bits per heavy atom. The van der Waals surface area contributed by atoms with Gasteiger partial charge in [-0.05, 0) is 43.5 Å². The molecule has 0 bridgehead atoms. The first-order chi connectivity index (χ1) is 9.35. The molecule has 1 fully saturated rings. The molecule has 110 valence electrons. The first-order valence-electron chi connectivity index (χ1n) is 6.36. The van der Waals surface area contributed by atoms with Gasteiger partial charge in [-0.3, -0.25) is 9.52 Å². The Bertz CT molecular complexity index is 607. The van der Waals surface area contributed by atoms with E-state index in [-0.39, 0.29) is 12.0 Å². The second kappa shape index (κ2) is 5.80. The Morgan fingerprint density at radius 3 is 2.70 bits per heavy atom. The van der Waals surface area contributed by atoms with E-state index in [1.54, 1.807) is 25.1 Å². The minimum atomic E-state index is -3.31. The predicted molar refractivity (Wildman–Crippen MR) is 77.2 cm³/mol. The Hall–Kier alpha value is -1.60. The van der Waals surface area contributed by atoms with Crippen LogP contribution in [0.3, 0.4) is 0 Å². The molecule has 7 heteroatoms. The van der Waals surface area contributed by atoms with E-state index in [1.165, 1.54) is 0 Å². The number of benzene rings is 1. The second-order valence-corrected chi connectivity index (χ2v) is 6.64. The van der Waals surface area contributed by atoms with Crippen LogP contribution in [-0.4, -0.2) is 33.3 Å². The third-order valence-corrected chi connectivity index (χ3v) is 3.60. The summed E-state index contributed by atoms with van der Waals surface area (Å²) >= 11 is 0. The van der Waals surface area contributed by atoms with Crippen LogP contribution in [0.5, 0.6) is 0 Å². The lowest BCUT2D eigenvalue weighted by atomic mass is 10.1. The van der Waals surface area contributed by atoms with Gasteiger partial charge in [0.05, 0.1) is 11.9 Å². The van der Waals surface area contributed by atoms with E-state index in [0.29, 0.717) is 18.0 Å². The van der Waals surface area contributed by atoms with Crippen molar-refractivity contribution in [2.75, 3.05) is 22.9 Å². The van der Waals surface area contributed by atoms with Crippen LogP contribution in [0.25, 0.3) is 0 Å². The van der Waals surface area contributed by atoms with E-state index in [9.17, 15) is 13.2 Å². The summed E-state index contributed by atoms with van der Waals surface area (Å²) in [5.74, 6) is -0.161. The number of carbonyl (C=O) groups excluding carboxylic acids is 1. The molecule has 0 radical (unpaired) electrons. The molecule has 0 aliphatic carbocycles. The van der Waals surface area contributed by atoms with E-state index in [4.69, 9.17) is 4.74 Å². The first-order valence-corrected chi connectivity index (χ1v) is 8.25. The lowest BCUT2D eigenvalue weighted by Gasteiger charge is -2.13. The quantitative estimate of drug-likeness (QED) is 0.882.